The summed E-state index contributed by atoms with van der Waals surface area (Å²) in [6, 6.07) is 11.9. The maximum atomic E-state index is 13.9. The number of imide groups is 1. The first-order valence-corrected chi connectivity index (χ1v) is 28.2. The Labute approximate surface area is 527 Å². The molecule has 2 aromatic rings. The average Bonchev–Trinajstić information content (AvgIpc) is 1.58. The molecule has 0 spiro atoms. The van der Waals surface area contributed by atoms with E-state index in [2.05, 4.69) is 41.4 Å². The fourth-order valence-corrected chi connectivity index (χ4v) is 8.60. The zero-order chi connectivity index (χ0) is 71.9. The van der Waals surface area contributed by atoms with E-state index in [1.54, 1.807) is 17.0 Å². The lowest BCUT2D eigenvalue weighted by atomic mass is 9.91. The monoisotopic (exact) mass is 1370 g/mol. The van der Waals surface area contributed by atoms with Crippen molar-refractivity contribution >= 4 is 88.2 Å². The zero-order valence-corrected chi connectivity index (χ0v) is 50.4. The van der Waals surface area contributed by atoms with Gasteiger partial charge in [-0.25, -0.2) is 19.2 Å². The molecule has 15 N–H and O–H groups in total. The van der Waals surface area contributed by atoms with Crippen molar-refractivity contribution in [2.45, 2.75) is 114 Å². The van der Waals surface area contributed by atoms with Crippen LogP contribution in [0, 0.1) is 5.92 Å². The summed E-state index contributed by atoms with van der Waals surface area (Å²) in [5.41, 5.74) is 18.8. The molecule has 0 radical (unpaired) electrons. The minimum atomic E-state index is -5.08. The summed E-state index contributed by atoms with van der Waals surface area (Å²) < 4.78 is 127. The second-order valence-corrected chi connectivity index (χ2v) is 20.5. The van der Waals surface area contributed by atoms with E-state index in [4.69, 9.17) is 56.8 Å². The molecule has 2 fully saturated rings. The van der Waals surface area contributed by atoms with Gasteiger partial charge in [-0.2, -0.15) is 52.7 Å². The third kappa shape index (κ3) is 32.1. The molecule has 3 aliphatic heterocycles. The van der Waals surface area contributed by atoms with Crippen LogP contribution < -0.4 is 48.7 Å². The van der Waals surface area contributed by atoms with Gasteiger partial charge < -0.3 is 63.8 Å². The predicted molar refractivity (Wildman–Crippen MR) is 307 cm³/mol. The van der Waals surface area contributed by atoms with E-state index in [1.807, 2.05) is 41.3 Å². The van der Waals surface area contributed by atoms with E-state index >= 15 is 0 Å². The van der Waals surface area contributed by atoms with Crippen LogP contribution in [0.2, 0.25) is 0 Å². The highest BCUT2D eigenvalue weighted by atomic mass is 19.4. The summed E-state index contributed by atoms with van der Waals surface area (Å²) >= 11 is 0. The molecule has 40 heteroatoms. The Morgan fingerprint density at radius 3 is 1.61 bits per heavy atom. The van der Waals surface area contributed by atoms with E-state index in [9.17, 15) is 86.2 Å². The summed E-state index contributed by atoms with van der Waals surface area (Å²) in [7, 11) is 0. The van der Waals surface area contributed by atoms with Crippen LogP contribution in [0.3, 0.4) is 0 Å². The molecule has 94 heavy (non-hydrogen) atoms. The number of carbonyl (C=O) groups is 11. The molecule has 5 rings (SSSR count). The number of rotatable bonds is 22. The second kappa shape index (κ2) is 39.6. The lowest BCUT2D eigenvalue weighted by Gasteiger charge is -2.35. The highest BCUT2D eigenvalue weighted by molar-refractivity contribution is 6.18. The van der Waals surface area contributed by atoms with Crippen molar-refractivity contribution < 1.29 is 126 Å². The molecular weight excluding hydrogens is 1300 g/mol. The Kier molecular flexibility index (Phi) is 35.0. The number of alkyl halides is 12. The highest BCUT2D eigenvalue weighted by Crippen LogP contribution is 2.38. The number of halogens is 12. The van der Waals surface area contributed by atoms with Crippen LogP contribution in [0.5, 0.6) is 0 Å². The number of carboxylic acid groups (broad SMARTS) is 4. The number of aliphatic carboxylic acids is 4. The molecule has 528 valence electrons. The Morgan fingerprint density at radius 2 is 1.12 bits per heavy atom. The maximum Gasteiger partial charge on any atom is 0.490 e. The largest absolute Gasteiger partial charge is 0.490 e. The molecule has 0 aromatic heterocycles. The van der Waals surface area contributed by atoms with Crippen molar-refractivity contribution in [1.29, 1.82) is 0 Å². The summed E-state index contributed by atoms with van der Waals surface area (Å²) in [6.45, 7) is 8.93. The number of hydrogen-bond donors (Lipinski definition) is 12. The first-order chi connectivity index (χ1) is 43.5. The number of nitrogens with two attached hydrogens (primary N) is 3. The van der Waals surface area contributed by atoms with Crippen LogP contribution in [-0.4, -0.2) is 221 Å². The van der Waals surface area contributed by atoms with Crippen LogP contribution in [-0.2, 0) is 47.9 Å². The molecule has 2 saturated heterocycles. The number of anilines is 3. The highest BCUT2D eigenvalue weighted by Gasteiger charge is 2.41. The number of piperazine rings is 1. The Balaban J connectivity index is 0.00000130. The lowest BCUT2D eigenvalue weighted by molar-refractivity contribution is -0.193. The summed E-state index contributed by atoms with van der Waals surface area (Å²) in [5.74, 6) is -13.0. The van der Waals surface area contributed by atoms with Gasteiger partial charge in [0.1, 0.15) is 12.1 Å². The number of fused-ring (bicyclic) bond motifs is 2. The van der Waals surface area contributed by atoms with E-state index in [0.717, 1.165) is 38.8 Å². The fourth-order valence-electron chi connectivity index (χ4n) is 8.60. The predicted octanol–water partition coefficient (Wildman–Crippen LogP) is 2.88. The molecule has 3 atom stereocenters. The summed E-state index contributed by atoms with van der Waals surface area (Å²) in [6.07, 6.45) is -14.6. The number of nitrogens with one attached hydrogen (secondary N) is 5. The maximum absolute atomic E-state index is 13.9. The number of nitrogens with zero attached hydrogens (tertiary/aromatic N) is 5. The summed E-state index contributed by atoms with van der Waals surface area (Å²) in [4.78, 5) is 138. The molecule has 0 saturated carbocycles. The van der Waals surface area contributed by atoms with Gasteiger partial charge in [0, 0.05) is 59.2 Å². The van der Waals surface area contributed by atoms with Crippen molar-refractivity contribution in [1.82, 2.24) is 36.0 Å². The standard InChI is InChI=1S/C46H69N13O7.4C2HF3O2/c1-31(42(63)55-45(66)37(13-8-20-47)53-32(2)60)52-44(65)36(14-9-21-51-46(48)49)50-22-25-56-26-28-58(29-27-56)40(61)17-7-10-33-18-23-57(24-19-33)30-41(62)59-38-15-5-3-11-34(38)43(64)54-35-12-4-6-16-39(35)59;4*3-2(4,5)1(6)7/h3-6,11-12,15-16,31,33,36-37,50H,7-10,13-14,17-30,47H2,1-2H3,(H,52,65)(H,53,60)(H,54,64)(H4,48,49,51)(H,55,63,66);4*(H,6,7)/t31-,36-,37+;;;;/m0..../s1. The minimum Gasteiger partial charge on any atom is -0.475 e. The third-order valence-corrected chi connectivity index (χ3v) is 13.3. The van der Waals surface area contributed by atoms with Crippen molar-refractivity contribution in [3.05, 3.63) is 54.1 Å². The van der Waals surface area contributed by atoms with Crippen LogP contribution in [0.25, 0.3) is 0 Å². The Morgan fingerprint density at radius 1 is 0.628 bits per heavy atom. The molecule has 0 bridgehead atoms. The third-order valence-electron chi connectivity index (χ3n) is 13.3. The van der Waals surface area contributed by atoms with Gasteiger partial charge in [-0.3, -0.25) is 58.6 Å². The number of carboxylic acids is 4. The van der Waals surface area contributed by atoms with Gasteiger partial charge in [-0.1, -0.05) is 24.3 Å². The molecule has 0 unspecified atom stereocenters. The van der Waals surface area contributed by atoms with E-state index in [0.29, 0.717) is 107 Å². The number of carbonyl (C=O) groups excluding carboxylic acids is 7. The van der Waals surface area contributed by atoms with Gasteiger partial charge in [0.15, 0.2) is 5.96 Å². The van der Waals surface area contributed by atoms with Crippen molar-refractivity contribution in [2.75, 3.05) is 82.2 Å². The first-order valence-electron chi connectivity index (χ1n) is 28.2. The van der Waals surface area contributed by atoms with Gasteiger partial charge in [-0.05, 0) is 108 Å². The Hall–Kier alpha value is -8.92. The second-order valence-electron chi connectivity index (χ2n) is 20.5. The topological polar surface area (TPSA) is 432 Å². The van der Waals surface area contributed by atoms with Gasteiger partial charge in [0.05, 0.1) is 35.2 Å². The molecule has 3 heterocycles. The number of piperidine rings is 1. The number of para-hydroxylation sites is 3. The molecule has 3 aliphatic rings. The minimum absolute atomic E-state index is 0.0502. The SMILES string of the molecule is CC(=O)N[C@H](CCCN)C(=O)NC(=O)[C@H](C)NC(=O)[C@H](CCCN=C(N)N)NCCN1CCN(C(=O)CCCC2CCN(CC(=O)N3c4ccccc4NC(=O)c4ccccc43)CC2)CC1.O=C(O)C(F)(F)F.O=C(O)C(F)(F)F.O=C(O)C(F)(F)F.O=C(O)C(F)(F)F. The lowest BCUT2D eigenvalue weighted by Crippen LogP contribution is -2.56. The van der Waals surface area contributed by atoms with Gasteiger partial charge >= 0.3 is 48.6 Å². The van der Waals surface area contributed by atoms with Gasteiger partial charge in [0.25, 0.3) is 5.91 Å². The first kappa shape index (κ1) is 83.1. The number of hydrogen-bond acceptors (Lipinski definition) is 16. The number of likely N-dealkylation sites (tertiary alicyclic amines) is 1. The smallest absolute Gasteiger partial charge is 0.475 e. The quantitative estimate of drug-likeness (QED) is 0.0349. The normalized spacial score (nSPS) is 15.2. The van der Waals surface area contributed by atoms with Crippen LogP contribution >= 0.6 is 0 Å². The van der Waals surface area contributed by atoms with Crippen LogP contribution in [0.1, 0.15) is 82.0 Å². The van der Waals surface area contributed by atoms with E-state index in [-0.39, 0.29) is 36.6 Å². The van der Waals surface area contributed by atoms with Crippen LogP contribution in [0.4, 0.5) is 69.7 Å². The average molecular weight is 1370 g/mol. The molecular formula is C54H73F12N13O15. The van der Waals surface area contributed by atoms with Crippen molar-refractivity contribution in [2.24, 2.45) is 28.1 Å². The molecule has 28 nitrogen and oxygen atoms in total. The van der Waals surface area contributed by atoms with E-state index < -0.39 is 90.3 Å². The fraction of sp³-hybridized carbons (Fsp3) is 0.556. The van der Waals surface area contributed by atoms with Crippen molar-refractivity contribution in [3.63, 3.8) is 0 Å². The number of aliphatic imine (C=N–C) groups is 1. The molecule has 0 aliphatic carbocycles. The number of guanidine groups is 1. The summed E-state index contributed by atoms with van der Waals surface area (Å²) in [5, 5.41) is 42.2. The number of amides is 7. The van der Waals surface area contributed by atoms with E-state index in [1.165, 1.54) is 13.8 Å². The molecule has 2 aromatic carbocycles. The number of benzene rings is 2. The van der Waals surface area contributed by atoms with Crippen molar-refractivity contribution in [3.8, 4) is 0 Å². The Bertz CT molecular complexity index is 2800. The zero-order valence-electron chi connectivity index (χ0n) is 50.4. The molecule has 7 amide bonds. The van der Waals surface area contributed by atoms with Crippen LogP contribution in [0.15, 0.2) is 53.5 Å². The van der Waals surface area contributed by atoms with Gasteiger partial charge in [-0.15, -0.1) is 0 Å². The van der Waals surface area contributed by atoms with Gasteiger partial charge in [0.2, 0.25) is 35.4 Å².